The van der Waals surface area contributed by atoms with Gasteiger partial charge in [0.05, 0.1) is 6.61 Å². The first-order chi connectivity index (χ1) is 11.0. The van der Waals surface area contributed by atoms with Gasteiger partial charge in [-0.3, -0.25) is 9.69 Å². The van der Waals surface area contributed by atoms with Crippen LogP contribution in [-0.4, -0.2) is 61.1 Å². The molecule has 1 aliphatic rings. The predicted molar refractivity (Wildman–Crippen MR) is 88.8 cm³/mol. The third kappa shape index (κ3) is 5.01. The topological polar surface area (TPSA) is 32.8 Å². The standard InChI is InChI=1S/C18H27FN2O2/c1-14-12-20(13-15(2)21(14)9-10-23-3)18(22)8-7-16-5-4-6-17(19)11-16/h4-6,11,14-15H,7-10,12-13H2,1-3H3. The maximum absolute atomic E-state index is 13.2. The van der Waals surface area contributed by atoms with E-state index in [1.165, 1.54) is 12.1 Å². The highest BCUT2D eigenvalue weighted by Gasteiger charge is 2.31. The molecule has 5 heteroatoms. The van der Waals surface area contributed by atoms with Crippen molar-refractivity contribution in [3.63, 3.8) is 0 Å². The lowest BCUT2D eigenvalue weighted by Gasteiger charge is -2.44. The van der Waals surface area contributed by atoms with Crippen LogP contribution < -0.4 is 0 Å². The molecule has 1 saturated heterocycles. The summed E-state index contributed by atoms with van der Waals surface area (Å²) in [6, 6.07) is 7.13. The number of carbonyl (C=O) groups is 1. The minimum Gasteiger partial charge on any atom is -0.383 e. The van der Waals surface area contributed by atoms with Crippen LogP contribution in [0.1, 0.15) is 25.8 Å². The zero-order chi connectivity index (χ0) is 16.8. The number of aryl methyl sites for hydroxylation is 1. The number of benzene rings is 1. The molecule has 2 atom stereocenters. The highest BCUT2D eigenvalue weighted by molar-refractivity contribution is 5.76. The number of hydrogen-bond acceptors (Lipinski definition) is 3. The van der Waals surface area contributed by atoms with E-state index in [1.807, 2.05) is 11.0 Å². The van der Waals surface area contributed by atoms with Crippen LogP contribution in [0.3, 0.4) is 0 Å². The zero-order valence-electron chi connectivity index (χ0n) is 14.3. The van der Waals surface area contributed by atoms with Crippen LogP contribution in [0, 0.1) is 5.82 Å². The summed E-state index contributed by atoms with van der Waals surface area (Å²) in [4.78, 5) is 16.8. The molecule has 1 aromatic carbocycles. The lowest BCUT2D eigenvalue weighted by Crippen LogP contribution is -2.58. The van der Waals surface area contributed by atoms with E-state index >= 15 is 0 Å². The van der Waals surface area contributed by atoms with Gasteiger partial charge in [0.1, 0.15) is 5.82 Å². The molecule has 1 amide bonds. The van der Waals surface area contributed by atoms with E-state index in [4.69, 9.17) is 4.74 Å². The minimum atomic E-state index is -0.246. The molecule has 0 aromatic heterocycles. The molecule has 23 heavy (non-hydrogen) atoms. The Morgan fingerprint density at radius 1 is 1.30 bits per heavy atom. The first-order valence-electron chi connectivity index (χ1n) is 8.28. The third-order valence-corrected chi connectivity index (χ3v) is 4.52. The number of halogens is 1. The molecule has 1 fully saturated rings. The van der Waals surface area contributed by atoms with E-state index in [9.17, 15) is 9.18 Å². The molecule has 1 heterocycles. The van der Waals surface area contributed by atoms with Crippen LogP contribution in [-0.2, 0) is 16.0 Å². The molecule has 4 nitrogen and oxygen atoms in total. The molecule has 0 radical (unpaired) electrons. The number of amides is 1. The molecule has 1 aliphatic heterocycles. The second-order valence-electron chi connectivity index (χ2n) is 6.36. The molecule has 2 unspecified atom stereocenters. The van der Waals surface area contributed by atoms with Gasteiger partial charge in [0.25, 0.3) is 0 Å². The summed E-state index contributed by atoms with van der Waals surface area (Å²) in [6.45, 7) is 7.40. The Morgan fingerprint density at radius 2 is 2.00 bits per heavy atom. The summed E-state index contributed by atoms with van der Waals surface area (Å²) >= 11 is 0. The maximum Gasteiger partial charge on any atom is 0.223 e. The Balaban J connectivity index is 1.86. The van der Waals surface area contributed by atoms with Crippen molar-refractivity contribution < 1.29 is 13.9 Å². The van der Waals surface area contributed by atoms with Gasteiger partial charge in [-0.15, -0.1) is 0 Å². The predicted octanol–water partition coefficient (Wildman–Crippen LogP) is 2.33. The number of rotatable bonds is 6. The van der Waals surface area contributed by atoms with Gasteiger partial charge in [0, 0.05) is 45.2 Å². The fraction of sp³-hybridized carbons (Fsp3) is 0.611. The van der Waals surface area contributed by atoms with Gasteiger partial charge >= 0.3 is 0 Å². The molecule has 128 valence electrons. The van der Waals surface area contributed by atoms with Crippen molar-refractivity contribution in [3.8, 4) is 0 Å². The highest BCUT2D eigenvalue weighted by atomic mass is 19.1. The smallest absolute Gasteiger partial charge is 0.223 e. The van der Waals surface area contributed by atoms with Crippen LogP contribution in [0.4, 0.5) is 4.39 Å². The van der Waals surface area contributed by atoms with Gasteiger partial charge in [-0.05, 0) is 38.0 Å². The molecule has 1 aromatic rings. The molecule has 0 bridgehead atoms. The Hall–Kier alpha value is -1.46. The molecular formula is C18H27FN2O2. The number of nitrogens with zero attached hydrogens (tertiary/aromatic N) is 2. The average Bonchev–Trinajstić information content (AvgIpc) is 2.52. The molecule has 0 N–H and O–H groups in total. The minimum absolute atomic E-state index is 0.152. The van der Waals surface area contributed by atoms with Crippen molar-refractivity contribution in [2.45, 2.75) is 38.8 Å². The summed E-state index contributed by atoms with van der Waals surface area (Å²) in [6.07, 6.45) is 1.02. The van der Waals surface area contributed by atoms with E-state index < -0.39 is 0 Å². The third-order valence-electron chi connectivity index (χ3n) is 4.52. The maximum atomic E-state index is 13.2. The van der Waals surface area contributed by atoms with E-state index in [1.54, 1.807) is 13.2 Å². The van der Waals surface area contributed by atoms with Crippen LogP contribution in [0.25, 0.3) is 0 Å². The fourth-order valence-electron chi connectivity index (χ4n) is 3.30. The quantitative estimate of drug-likeness (QED) is 0.806. The van der Waals surface area contributed by atoms with Crippen LogP contribution in [0.2, 0.25) is 0 Å². The molecular weight excluding hydrogens is 295 g/mol. The van der Waals surface area contributed by atoms with Crippen LogP contribution in [0.15, 0.2) is 24.3 Å². The van der Waals surface area contributed by atoms with Crippen molar-refractivity contribution in [3.05, 3.63) is 35.6 Å². The summed E-state index contributed by atoms with van der Waals surface area (Å²) < 4.78 is 18.3. The lowest BCUT2D eigenvalue weighted by molar-refractivity contribution is -0.135. The van der Waals surface area contributed by atoms with Gasteiger partial charge < -0.3 is 9.64 Å². The Morgan fingerprint density at radius 3 is 2.61 bits per heavy atom. The number of carbonyl (C=O) groups excluding carboxylic acids is 1. The van der Waals surface area contributed by atoms with Gasteiger partial charge in [-0.1, -0.05) is 12.1 Å². The van der Waals surface area contributed by atoms with E-state index in [2.05, 4.69) is 18.7 Å². The Bertz CT molecular complexity index is 511. The first-order valence-corrected chi connectivity index (χ1v) is 8.28. The Kier molecular flexibility index (Phi) is 6.54. The highest BCUT2D eigenvalue weighted by Crippen LogP contribution is 2.17. The van der Waals surface area contributed by atoms with Crippen LogP contribution >= 0.6 is 0 Å². The fourth-order valence-corrected chi connectivity index (χ4v) is 3.30. The molecule has 2 rings (SSSR count). The van der Waals surface area contributed by atoms with E-state index in [-0.39, 0.29) is 11.7 Å². The van der Waals surface area contributed by atoms with Gasteiger partial charge in [0.2, 0.25) is 5.91 Å². The summed E-state index contributed by atoms with van der Waals surface area (Å²) in [7, 11) is 1.71. The van der Waals surface area contributed by atoms with Gasteiger partial charge in [-0.25, -0.2) is 4.39 Å². The van der Waals surface area contributed by atoms with Crippen LogP contribution in [0.5, 0.6) is 0 Å². The largest absolute Gasteiger partial charge is 0.383 e. The van der Waals surface area contributed by atoms with E-state index in [0.29, 0.717) is 31.5 Å². The van der Waals surface area contributed by atoms with Crippen molar-refractivity contribution >= 4 is 5.91 Å². The number of piperazine rings is 1. The summed E-state index contributed by atoms with van der Waals surface area (Å²) in [5.74, 6) is -0.0942. The van der Waals surface area contributed by atoms with Gasteiger partial charge in [-0.2, -0.15) is 0 Å². The SMILES string of the molecule is COCCN1C(C)CN(C(=O)CCc2cccc(F)c2)CC1C. The number of methoxy groups -OCH3 is 1. The Labute approximate surface area is 138 Å². The zero-order valence-corrected chi connectivity index (χ0v) is 14.3. The lowest BCUT2D eigenvalue weighted by atomic mass is 10.1. The molecule has 0 aliphatic carbocycles. The number of hydrogen-bond donors (Lipinski definition) is 0. The van der Waals surface area contributed by atoms with Crippen molar-refractivity contribution in [1.29, 1.82) is 0 Å². The van der Waals surface area contributed by atoms with Crippen molar-refractivity contribution in [1.82, 2.24) is 9.80 Å². The summed E-state index contributed by atoms with van der Waals surface area (Å²) in [5.41, 5.74) is 0.873. The van der Waals surface area contributed by atoms with Crippen molar-refractivity contribution in [2.75, 3.05) is 33.4 Å². The second kappa shape index (κ2) is 8.41. The summed E-state index contributed by atoms with van der Waals surface area (Å²) in [5, 5.41) is 0. The first kappa shape index (κ1) is 17.9. The molecule has 0 saturated carbocycles. The number of ether oxygens (including phenoxy) is 1. The van der Waals surface area contributed by atoms with Gasteiger partial charge in [0.15, 0.2) is 0 Å². The van der Waals surface area contributed by atoms with E-state index in [0.717, 1.165) is 25.2 Å². The molecule has 0 spiro atoms. The normalized spacial score (nSPS) is 22.3. The second-order valence-corrected chi connectivity index (χ2v) is 6.36. The monoisotopic (exact) mass is 322 g/mol. The van der Waals surface area contributed by atoms with Crippen molar-refractivity contribution in [2.24, 2.45) is 0 Å². The average molecular weight is 322 g/mol.